The van der Waals surface area contributed by atoms with Crippen molar-refractivity contribution in [1.29, 1.82) is 0 Å². The molecule has 10 heteroatoms. The van der Waals surface area contributed by atoms with Crippen LogP contribution in [0.25, 0.3) is 11.8 Å². The molecule has 1 aliphatic heterocycles. The van der Waals surface area contributed by atoms with Crippen LogP contribution >= 0.6 is 0 Å². The highest BCUT2D eigenvalue weighted by molar-refractivity contribution is 6.14. The van der Waals surface area contributed by atoms with E-state index in [0.717, 1.165) is 27.5 Å². The van der Waals surface area contributed by atoms with Crippen molar-refractivity contribution in [2.45, 2.75) is 20.4 Å². The minimum absolute atomic E-state index is 0.0163. The zero-order valence-electron chi connectivity index (χ0n) is 19.6. The minimum Gasteiger partial charge on any atom is -0.465 e. The number of esters is 2. The van der Waals surface area contributed by atoms with Crippen LogP contribution in [0, 0.1) is 13.8 Å². The van der Waals surface area contributed by atoms with E-state index >= 15 is 0 Å². The van der Waals surface area contributed by atoms with Crippen LogP contribution in [0.5, 0.6) is 0 Å². The molecular formula is C25H23N3O7. The second-order valence-electron chi connectivity index (χ2n) is 7.84. The molecule has 3 heterocycles. The van der Waals surface area contributed by atoms with Gasteiger partial charge < -0.3 is 23.8 Å². The number of nitrogens with one attached hydrogen (secondary N) is 1. The zero-order chi connectivity index (χ0) is 25.3. The SMILES string of the molecule is COC(=O)c1ccc(-n2c(C)cc(C=C3NC(=O)N(Cc4ccc(C(=O)OC)o4)C3=O)c2C)cc1. The lowest BCUT2D eigenvalue weighted by Gasteiger charge is -2.10. The molecule has 0 unspecified atom stereocenters. The van der Waals surface area contributed by atoms with Crippen LogP contribution < -0.4 is 5.32 Å². The van der Waals surface area contributed by atoms with E-state index in [9.17, 15) is 19.2 Å². The maximum Gasteiger partial charge on any atom is 0.373 e. The maximum absolute atomic E-state index is 12.9. The third kappa shape index (κ3) is 4.45. The number of furan rings is 1. The van der Waals surface area contributed by atoms with Gasteiger partial charge in [0.25, 0.3) is 5.91 Å². The Morgan fingerprint density at radius 3 is 2.34 bits per heavy atom. The minimum atomic E-state index is -0.649. The Labute approximate surface area is 200 Å². The largest absolute Gasteiger partial charge is 0.465 e. The highest BCUT2D eigenvalue weighted by Crippen LogP contribution is 2.25. The molecule has 1 fully saturated rings. The summed E-state index contributed by atoms with van der Waals surface area (Å²) in [7, 11) is 2.56. The molecule has 1 aromatic carbocycles. The molecule has 0 atom stereocenters. The number of carbonyl (C=O) groups excluding carboxylic acids is 4. The molecule has 1 aliphatic rings. The monoisotopic (exact) mass is 477 g/mol. The molecule has 0 aliphatic carbocycles. The predicted molar refractivity (Wildman–Crippen MR) is 124 cm³/mol. The summed E-state index contributed by atoms with van der Waals surface area (Å²) in [5.74, 6) is -1.33. The van der Waals surface area contributed by atoms with Gasteiger partial charge in [-0.15, -0.1) is 0 Å². The van der Waals surface area contributed by atoms with Gasteiger partial charge in [0.1, 0.15) is 11.5 Å². The summed E-state index contributed by atoms with van der Waals surface area (Å²) in [5, 5.41) is 2.59. The van der Waals surface area contributed by atoms with Crippen LogP contribution in [0.1, 0.15) is 43.6 Å². The van der Waals surface area contributed by atoms with Crippen molar-refractivity contribution in [2.24, 2.45) is 0 Å². The average Bonchev–Trinajstić information content (AvgIpc) is 3.51. The molecule has 1 saturated heterocycles. The van der Waals surface area contributed by atoms with Crippen molar-refractivity contribution >= 4 is 30.0 Å². The number of nitrogens with zero attached hydrogens (tertiary/aromatic N) is 2. The van der Waals surface area contributed by atoms with E-state index in [1.165, 1.54) is 26.4 Å². The number of amides is 3. The van der Waals surface area contributed by atoms with E-state index < -0.39 is 23.9 Å². The summed E-state index contributed by atoms with van der Waals surface area (Å²) in [5.41, 5.74) is 3.89. The van der Waals surface area contributed by atoms with Crippen molar-refractivity contribution < 1.29 is 33.1 Å². The molecular weight excluding hydrogens is 454 g/mol. The summed E-state index contributed by atoms with van der Waals surface area (Å²) >= 11 is 0. The highest BCUT2D eigenvalue weighted by Gasteiger charge is 2.34. The zero-order valence-corrected chi connectivity index (χ0v) is 19.6. The molecule has 0 bridgehead atoms. The summed E-state index contributed by atoms with van der Waals surface area (Å²) < 4.78 is 16.7. The fourth-order valence-electron chi connectivity index (χ4n) is 3.90. The number of ether oxygens (including phenoxy) is 2. The molecule has 180 valence electrons. The van der Waals surface area contributed by atoms with Gasteiger partial charge in [0.2, 0.25) is 5.76 Å². The number of carbonyl (C=O) groups is 4. The summed E-state index contributed by atoms with van der Waals surface area (Å²) in [6, 6.07) is 11.2. The lowest BCUT2D eigenvalue weighted by molar-refractivity contribution is -0.123. The van der Waals surface area contributed by atoms with Crippen molar-refractivity contribution in [3.8, 4) is 5.69 Å². The van der Waals surface area contributed by atoms with Gasteiger partial charge in [0, 0.05) is 17.1 Å². The number of hydrogen-bond donors (Lipinski definition) is 1. The lowest BCUT2D eigenvalue weighted by Crippen LogP contribution is -2.30. The topological polar surface area (TPSA) is 120 Å². The molecule has 2 aromatic heterocycles. The Balaban J connectivity index is 1.57. The van der Waals surface area contributed by atoms with Crippen LogP contribution in [0.4, 0.5) is 4.79 Å². The number of aromatic nitrogens is 1. The van der Waals surface area contributed by atoms with E-state index in [2.05, 4.69) is 10.1 Å². The number of aryl methyl sites for hydroxylation is 1. The Kier molecular flexibility index (Phi) is 6.28. The number of rotatable bonds is 6. The van der Waals surface area contributed by atoms with Crippen LogP contribution in [0.2, 0.25) is 0 Å². The summed E-state index contributed by atoms with van der Waals surface area (Å²) in [4.78, 5) is 49.6. The average molecular weight is 477 g/mol. The highest BCUT2D eigenvalue weighted by atomic mass is 16.5. The molecule has 0 saturated carbocycles. The first-order valence-corrected chi connectivity index (χ1v) is 10.6. The molecule has 0 spiro atoms. The van der Waals surface area contributed by atoms with E-state index in [-0.39, 0.29) is 23.8 Å². The van der Waals surface area contributed by atoms with Crippen LogP contribution in [-0.2, 0) is 20.8 Å². The maximum atomic E-state index is 12.9. The molecule has 4 rings (SSSR count). The van der Waals surface area contributed by atoms with Crippen LogP contribution in [-0.4, -0.2) is 47.6 Å². The third-order valence-electron chi connectivity index (χ3n) is 5.64. The first-order chi connectivity index (χ1) is 16.7. The lowest BCUT2D eigenvalue weighted by atomic mass is 10.2. The second kappa shape index (κ2) is 9.34. The number of benzene rings is 1. The molecule has 0 radical (unpaired) electrons. The van der Waals surface area contributed by atoms with E-state index in [1.807, 2.05) is 24.5 Å². The van der Waals surface area contributed by atoms with Gasteiger partial charge in [-0.2, -0.15) is 0 Å². The van der Waals surface area contributed by atoms with Gasteiger partial charge in [-0.3, -0.25) is 9.69 Å². The first kappa shape index (κ1) is 23.6. The van der Waals surface area contributed by atoms with Gasteiger partial charge in [-0.05, 0) is 68.0 Å². The van der Waals surface area contributed by atoms with Gasteiger partial charge in [-0.25, -0.2) is 14.4 Å². The van der Waals surface area contributed by atoms with Crippen LogP contribution in [0.3, 0.4) is 0 Å². The van der Waals surface area contributed by atoms with E-state index in [0.29, 0.717) is 5.56 Å². The predicted octanol–water partition coefficient (Wildman–Crippen LogP) is 3.35. The molecule has 3 aromatic rings. The van der Waals surface area contributed by atoms with Gasteiger partial charge in [-0.1, -0.05) is 0 Å². The fourth-order valence-corrected chi connectivity index (χ4v) is 3.90. The van der Waals surface area contributed by atoms with Crippen molar-refractivity contribution in [1.82, 2.24) is 14.8 Å². The fraction of sp³-hybridized carbons (Fsp3) is 0.200. The third-order valence-corrected chi connectivity index (χ3v) is 5.64. The van der Waals surface area contributed by atoms with Crippen LogP contribution in [0.15, 0.2) is 52.6 Å². The van der Waals surface area contributed by atoms with Crippen molar-refractivity contribution in [3.05, 3.63) is 82.2 Å². The molecule has 35 heavy (non-hydrogen) atoms. The standard InChI is InChI=1S/C25H23N3O7/c1-14-11-17(15(2)28(14)18-7-5-16(6-8-18)23(30)33-3)12-20-22(29)27(25(32)26-20)13-19-9-10-21(35-19)24(31)34-4/h5-12H,13H2,1-4H3,(H,26,32). The molecule has 1 N–H and O–H groups in total. The van der Waals surface area contributed by atoms with Crippen molar-refractivity contribution in [2.75, 3.05) is 14.2 Å². The molecule has 10 nitrogen and oxygen atoms in total. The number of urea groups is 1. The second-order valence-corrected chi connectivity index (χ2v) is 7.84. The Morgan fingerprint density at radius 2 is 1.69 bits per heavy atom. The van der Waals surface area contributed by atoms with E-state index in [4.69, 9.17) is 9.15 Å². The number of imide groups is 1. The summed E-state index contributed by atoms with van der Waals surface area (Å²) in [6.07, 6.45) is 1.61. The van der Waals surface area contributed by atoms with E-state index in [1.54, 1.807) is 30.3 Å². The molecule has 3 amide bonds. The number of hydrogen-bond acceptors (Lipinski definition) is 7. The van der Waals surface area contributed by atoms with Gasteiger partial charge in [0.15, 0.2) is 0 Å². The quantitative estimate of drug-likeness (QED) is 0.328. The first-order valence-electron chi connectivity index (χ1n) is 10.6. The summed E-state index contributed by atoms with van der Waals surface area (Å²) in [6.45, 7) is 3.68. The smallest absolute Gasteiger partial charge is 0.373 e. The Morgan fingerprint density at radius 1 is 1.00 bits per heavy atom. The Bertz CT molecular complexity index is 1360. The van der Waals surface area contributed by atoms with Crippen molar-refractivity contribution in [3.63, 3.8) is 0 Å². The van der Waals surface area contributed by atoms with Gasteiger partial charge >= 0.3 is 18.0 Å². The van der Waals surface area contributed by atoms with Gasteiger partial charge in [0.05, 0.1) is 26.3 Å². The normalized spacial score (nSPS) is 14.4. The number of methoxy groups -OCH3 is 2. The Hall–Kier alpha value is -4.60.